The topological polar surface area (TPSA) is 57.8 Å². The first-order valence-corrected chi connectivity index (χ1v) is 6.52. The van der Waals surface area contributed by atoms with Crippen LogP contribution in [-0.2, 0) is 0 Å². The number of amides is 1. The van der Waals surface area contributed by atoms with Crippen molar-refractivity contribution < 1.29 is 4.79 Å². The van der Waals surface area contributed by atoms with Gasteiger partial charge in [0.05, 0.1) is 17.3 Å². The van der Waals surface area contributed by atoms with Crippen LogP contribution in [0.4, 0.5) is 5.69 Å². The lowest BCUT2D eigenvalue weighted by Gasteiger charge is -2.06. The van der Waals surface area contributed by atoms with Crippen molar-refractivity contribution in [1.82, 2.24) is 10.2 Å². The Bertz CT molecular complexity index is 751. The highest BCUT2D eigenvalue weighted by Gasteiger charge is 2.09. The summed E-state index contributed by atoms with van der Waals surface area (Å²) < 4.78 is 0.773. The van der Waals surface area contributed by atoms with E-state index in [0.717, 1.165) is 21.1 Å². The molecular weight excluding hydrogens is 306 g/mol. The first-order chi connectivity index (χ1) is 9.24. The summed E-state index contributed by atoms with van der Waals surface area (Å²) >= 11 is 3.37. The molecule has 5 heteroatoms. The Morgan fingerprint density at radius 2 is 2.05 bits per heavy atom. The maximum atomic E-state index is 12.1. The minimum Gasteiger partial charge on any atom is -0.322 e. The first-order valence-electron chi connectivity index (χ1n) is 5.73. The number of halogens is 1. The normalized spacial score (nSPS) is 10.6. The molecule has 2 aromatic carbocycles. The van der Waals surface area contributed by atoms with E-state index in [0.29, 0.717) is 5.56 Å². The second-order valence-corrected chi connectivity index (χ2v) is 4.96. The van der Waals surface area contributed by atoms with Crippen LogP contribution >= 0.6 is 15.9 Å². The molecule has 3 rings (SSSR count). The maximum absolute atomic E-state index is 12.1. The molecule has 0 aliphatic rings. The molecule has 0 saturated carbocycles. The van der Waals surface area contributed by atoms with E-state index in [1.807, 2.05) is 36.4 Å². The molecule has 0 bridgehead atoms. The smallest absolute Gasteiger partial charge is 0.256 e. The van der Waals surface area contributed by atoms with Gasteiger partial charge in [0, 0.05) is 15.5 Å². The van der Waals surface area contributed by atoms with Crippen LogP contribution in [-0.4, -0.2) is 16.1 Å². The summed E-state index contributed by atoms with van der Waals surface area (Å²) in [5.74, 6) is -0.147. The van der Waals surface area contributed by atoms with Crippen molar-refractivity contribution in [1.29, 1.82) is 0 Å². The molecule has 0 atom stereocenters. The molecule has 0 unspecified atom stereocenters. The van der Waals surface area contributed by atoms with Crippen molar-refractivity contribution in [2.75, 3.05) is 5.32 Å². The number of hydrogen-bond acceptors (Lipinski definition) is 2. The second-order valence-electron chi connectivity index (χ2n) is 4.11. The van der Waals surface area contributed by atoms with E-state index < -0.39 is 0 Å². The minimum atomic E-state index is -0.147. The summed E-state index contributed by atoms with van der Waals surface area (Å²) in [6.07, 6.45) is 1.74. The van der Waals surface area contributed by atoms with Crippen molar-refractivity contribution in [2.24, 2.45) is 0 Å². The van der Waals surface area contributed by atoms with Crippen LogP contribution < -0.4 is 5.32 Å². The number of aromatic nitrogens is 2. The zero-order valence-electron chi connectivity index (χ0n) is 9.85. The van der Waals surface area contributed by atoms with Crippen molar-refractivity contribution in [3.05, 3.63) is 58.7 Å². The fourth-order valence-corrected chi connectivity index (χ4v) is 2.32. The number of H-pyrrole nitrogens is 1. The number of anilines is 1. The summed E-state index contributed by atoms with van der Waals surface area (Å²) in [7, 11) is 0. The molecule has 2 N–H and O–H groups in total. The average molecular weight is 316 g/mol. The van der Waals surface area contributed by atoms with E-state index in [1.54, 1.807) is 12.3 Å². The highest BCUT2D eigenvalue weighted by atomic mass is 79.9. The largest absolute Gasteiger partial charge is 0.322 e. The van der Waals surface area contributed by atoms with Crippen LogP contribution in [0.5, 0.6) is 0 Å². The van der Waals surface area contributed by atoms with Crippen LogP contribution in [0, 0.1) is 0 Å². The molecule has 0 aliphatic heterocycles. The molecule has 94 valence electrons. The molecule has 0 spiro atoms. The van der Waals surface area contributed by atoms with E-state index in [2.05, 4.69) is 31.4 Å². The van der Waals surface area contributed by atoms with Gasteiger partial charge in [-0.15, -0.1) is 0 Å². The third-order valence-corrected chi connectivity index (χ3v) is 3.51. The van der Waals surface area contributed by atoms with Gasteiger partial charge in [-0.25, -0.2) is 0 Å². The average Bonchev–Trinajstić information content (AvgIpc) is 2.86. The molecule has 1 heterocycles. The molecule has 1 amide bonds. The number of rotatable bonds is 2. The Morgan fingerprint density at radius 3 is 2.89 bits per heavy atom. The van der Waals surface area contributed by atoms with Crippen molar-refractivity contribution >= 4 is 38.4 Å². The zero-order chi connectivity index (χ0) is 13.2. The maximum Gasteiger partial charge on any atom is 0.256 e. The van der Waals surface area contributed by atoms with Gasteiger partial charge in [0.1, 0.15) is 0 Å². The quantitative estimate of drug-likeness (QED) is 0.759. The summed E-state index contributed by atoms with van der Waals surface area (Å²) in [5, 5.41) is 10.7. The molecular formula is C14H10BrN3O. The van der Waals surface area contributed by atoms with Crippen molar-refractivity contribution in [3.63, 3.8) is 0 Å². The molecule has 19 heavy (non-hydrogen) atoms. The van der Waals surface area contributed by atoms with E-state index in [4.69, 9.17) is 0 Å². The Hall–Kier alpha value is -2.14. The SMILES string of the molecule is O=C(Nc1ccc2cn[nH]c2c1)c1ccccc1Br. The molecule has 0 radical (unpaired) electrons. The van der Waals surface area contributed by atoms with Gasteiger partial charge < -0.3 is 5.32 Å². The van der Waals surface area contributed by atoms with Crippen LogP contribution in [0.25, 0.3) is 10.9 Å². The Labute approximate surface area is 118 Å². The lowest BCUT2D eigenvalue weighted by molar-refractivity contribution is 0.102. The minimum absolute atomic E-state index is 0.147. The fourth-order valence-electron chi connectivity index (χ4n) is 1.86. The number of fused-ring (bicyclic) bond motifs is 1. The predicted octanol–water partition coefficient (Wildman–Crippen LogP) is 3.58. The van der Waals surface area contributed by atoms with Crippen LogP contribution in [0.3, 0.4) is 0 Å². The molecule has 0 saturated heterocycles. The molecule has 3 aromatic rings. The lowest BCUT2D eigenvalue weighted by Crippen LogP contribution is -2.12. The van der Waals surface area contributed by atoms with Gasteiger partial charge in [0.25, 0.3) is 5.91 Å². The summed E-state index contributed by atoms with van der Waals surface area (Å²) in [4.78, 5) is 12.1. The van der Waals surface area contributed by atoms with Gasteiger partial charge in [-0.1, -0.05) is 12.1 Å². The van der Waals surface area contributed by atoms with Crippen molar-refractivity contribution in [3.8, 4) is 0 Å². The third-order valence-electron chi connectivity index (χ3n) is 2.82. The highest BCUT2D eigenvalue weighted by Crippen LogP contribution is 2.20. The number of carbonyl (C=O) groups excluding carboxylic acids is 1. The van der Waals surface area contributed by atoms with Crippen molar-refractivity contribution in [2.45, 2.75) is 0 Å². The number of nitrogens with zero attached hydrogens (tertiary/aromatic N) is 1. The number of carbonyl (C=O) groups is 1. The Morgan fingerprint density at radius 1 is 1.21 bits per heavy atom. The van der Waals surface area contributed by atoms with Gasteiger partial charge in [-0.3, -0.25) is 9.89 Å². The van der Waals surface area contributed by atoms with Gasteiger partial charge in [0.2, 0.25) is 0 Å². The summed E-state index contributed by atoms with van der Waals surface area (Å²) in [6, 6.07) is 12.9. The number of nitrogens with one attached hydrogen (secondary N) is 2. The number of aromatic amines is 1. The Balaban J connectivity index is 1.88. The first kappa shape index (κ1) is 11.9. The van der Waals surface area contributed by atoms with Crippen LogP contribution in [0.15, 0.2) is 53.1 Å². The predicted molar refractivity (Wildman–Crippen MR) is 78.2 cm³/mol. The van der Waals surface area contributed by atoms with Gasteiger partial charge in [-0.2, -0.15) is 5.10 Å². The van der Waals surface area contributed by atoms with E-state index in [9.17, 15) is 4.79 Å². The summed E-state index contributed by atoms with van der Waals surface area (Å²) in [6.45, 7) is 0. The van der Waals surface area contributed by atoms with Crippen LogP contribution in [0.1, 0.15) is 10.4 Å². The molecule has 4 nitrogen and oxygen atoms in total. The standard InChI is InChI=1S/C14H10BrN3O/c15-12-4-2-1-3-11(12)14(19)17-10-6-5-9-8-16-18-13(9)7-10/h1-8H,(H,16,18)(H,17,19). The summed E-state index contributed by atoms with van der Waals surface area (Å²) in [5.41, 5.74) is 2.23. The second kappa shape index (κ2) is 4.85. The van der Waals surface area contributed by atoms with E-state index >= 15 is 0 Å². The van der Waals surface area contributed by atoms with E-state index in [1.165, 1.54) is 0 Å². The fraction of sp³-hybridized carbons (Fsp3) is 0. The van der Waals surface area contributed by atoms with Crippen LogP contribution in [0.2, 0.25) is 0 Å². The van der Waals surface area contributed by atoms with Gasteiger partial charge >= 0.3 is 0 Å². The third kappa shape index (κ3) is 2.37. The van der Waals surface area contributed by atoms with Gasteiger partial charge in [-0.05, 0) is 46.3 Å². The Kier molecular flexibility index (Phi) is 3.05. The molecule has 1 aromatic heterocycles. The van der Waals surface area contributed by atoms with Gasteiger partial charge in [0.15, 0.2) is 0 Å². The molecule has 0 aliphatic carbocycles. The van der Waals surface area contributed by atoms with E-state index in [-0.39, 0.29) is 5.91 Å². The molecule has 0 fully saturated rings. The monoisotopic (exact) mass is 315 g/mol. The lowest BCUT2D eigenvalue weighted by atomic mass is 10.2. The highest BCUT2D eigenvalue weighted by molar-refractivity contribution is 9.10. The number of benzene rings is 2. The zero-order valence-corrected chi connectivity index (χ0v) is 11.4. The number of hydrogen-bond donors (Lipinski definition) is 2.